The third-order valence-electron chi connectivity index (χ3n) is 15.0. The molecule has 2 aliphatic carbocycles. The molecule has 0 aromatic heterocycles. The maximum absolute atomic E-state index is 16.3. The van der Waals surface area contributed by atoms with Gasteiger partial charge in [-0.25, -0.2) is 4.39 Å². The van der Waals surface area contributed by atoms with Crippen LogP contribution in [0.5, 0.6) is 0 Å². The van der Waals surface area contributed by atoms with Gasteiger partial charge in [0.05, 0.1) is 29.9 Å². The fourth-order valence-corrected chi connectivity index (χ4v) is 11.1. The number of anilines is 3. The van der Waals surface area contributed by atoms with Crippen molar-refractivity contribution in [3.63, 3.8) is 0 Å². The van der Waals surface area contributed by atoms with Crippen LogP contribution in [0, 0.1) is 41.3 Å². The summed E-state index contributed by atoms with van der Waals surface area (Å²) >= 11 is 0. The van der Waals surface area contributed by atoms with E-state index in [1.165, 1.54) is 11.0 Å². The number of carbonyl (C=O) groups is 4. The van der Waals surface area contributed by atoms with Crippen molar-refractivity contribution in [2.24, 2.45) is 17.3 Å². The smallest absolute Gasteiger partial charge is 0.370 e. The third kappa shape index (κ3) is 8.21. The number of likely N-dealkylation sites (N-methyl/N-ethyl adjacent to an activating group) is 1. The largest absolute Gasteiger partial charge is 0.416 e. The van der Waals surface area contributed by atoms with Crippen LogP contribution in [0.25, 0.3) is 0 Å². The van der Waals surface area contributed by atoms with Crippen molar-refractivity contribution in [1.82, 2.24) is 15.1 Å². The van der Waals surface area contributed by atoms with E-state index in [9.17, 15) is 37.6 Å². The Bertz CT molecular complexity index is 2370. The molecule has 3 saturated heterocycles. The number of nitrogens with one attached hydrogen (secondary N) is 1. The Morgan fingerprint density at radius 1 is 0.968 bits per heavy atom. The Kier molecular flexibility index (Phi) is 11.4. The number of amides is 3. The van der Waals surface area contributed by atoms with E-state index in [0.717, 1.165) is 63.7 Å². The SMILES string of the molecule is Cc1cc(N2CCN(CC3CCC4(CC3)CN(c3cc5c(c(C(F)(F)F)c3)CN(c3cccc(C6CC(C#N)C6)c3)C5=O)C4)CC2)c(F)c(CN(C)C2CCC(=O)NC2=O)c1C=O. The number of benzene rings is 3. The Labute approximate surface area is 365 Å². The number of imide groups is 1. The lowest BCUT2D eigenvalue weighted by molar-refractivity contribution is -0.139. The number of aldehydes is 1. The predicted octanol–water partition coefficient (Wildman–Crippen LogP) is 7.20. The van der Waals surface area contributed by atoms with E-state index in [0.29, 0.717) is 67.4 Å². The van der Waals surface area contributed by atoms with Crippen LogP contribution < -0.4 is 20.0 Å². The highest BCUT2D eigenvalue weighted by atomic mass is 19.4. The highest BCUT2D eigenvalue weighted by molar-refractivity contribution is 6.11. The van der Waals surface area contributed by atoms with E-state index in [2.05, 4.69) is 16.3 Å². The molecular weight excluding hydrogens is 815 g/mol. The third-order valence-corrected chi connectivity index (χ3v) is 15.0. The molecule has 4 heterocycles. The van der Waals surface area contributed by atoms with E-state index in [4.69, 9.17) is 0 Å². The maximum Gasteiger partial charge on any atom is 0.416 e. The molecule has 1 atom stereocenters. The summed E-state index contributed by atoms with van der Waals surface area (Å²) in [6, 6.07) is 13.7. The normalized spacial score (nSPS) is 24.0. The number of nitriles is 1. The first-order valence-corrected chi connectivity index (χ1v) is 22.2. The van der Waals surface area contributed by atoms with Gasteiger partial charge in [-0.2, -0.15) is 18.4 Å². The monoisotopic (exact) mass is 867 g/mol. The Balaban J connectivity index is 0.792. The molecule has 15 heteroatoms. The zero-order valence-corrected chi connectivity index (χ0v) is 35.8. The van der Waals surface area contributed by atoms with Crippen molar-refractivity contribution in [2.45, 2.75) is 89.5 Å². The molecule has 11 nitrogen and oxygen atoms in total. The van der Waals surface area contributed by atoms with Crippen LogP contribution >= 0.6 is 0 Å². The van der Waals surface area contributed by atoms with Crippen LogP contribution in [0.4, 0.5) is 34.6 Å². The zero-order valence-electron chi connectivity index (χ0n) is 35.8. The van der Waals surface area contributed by atoms with E-state index < -0.39 is 35.4 Å². The summed E-state index contributed by atoms with van der Waals surface area (Å²) < 4.78 is 60.2. The lowest BCUT2D eigenvalue weighted by Crippen LogP contribution is -2.58. The van der Waals surface area contributed by atoms with Gasteiger partial charge in [0.15, 0.2) is 12.1 Å². The van der Waals surface area contributed by atoms with Gasteiger partial charge in [-0.3, -0.25) is 34.3 Å². The summed E-state index contributed by atoms with van der Waals surface area (Å²) in [5.41, 5.74) is 3.03. The molecular formula is C48H53F4N7O4. The minimum atomic E-state index is -4.62. The summed E-state index contributed by atoms with van der Waals surface area (Å²) in [7, 11) is 1.70. The van der Waals surface area contributed by atoms with E-state index in [1.54, 1.807) is 37.1 Å². The Morgan fingerprint density at radius 2 is 1.70 bits per heavy atom. The number of nitrogens with zero attached hydrogens (tertiary/aromatic N) is 6. The molecule has 2 saturated carbocycles. The van der Waals surface area contributed by atoms with Crippen molar-refractivity contribution in [2.75, 3.05) is 67.6 Å². The van der Waals surface area contributed by atoms with Crippen LogP contribution in [0.1, 0.15) is 106 Å². The number of piperazine rings is 1. The summed E-state index contributed by atoms with van der Waals surface area (Å²) in [5, 5.41) is 11.6. The molecule has 0 bridgehead atoms. The fraction of sp³-hybridized carbons (Fsp3) is 0.521. The second-order valence-electron chi connectivity index (χ2n) is 19.0. The van der Waals surface area contributed by atoms with Gasteiger partial charge in [0.2, 0.25) is 11.8 Å². The quantitative estimate of drug-likeness (QED) is 0.128. The number of hydrogen-bond acceptors (Lipinski definition) is 9. The maximum atomic E-state index is 16.3. The van der Waals surface area contributed by atoms with E-state index in [-0.39, 0.29) is 64.9 Å². The van der Waals surface area contributed by atoms with Gasteiger partial charge in [0, 0.05) is 98.2 Å². The number of aryl methyl sites for hydroxylation is 1. The van der Waals surface area contributed by atoms with Gasteiger partial charge in [0.1, 0.15) is 0 Å². The minimum Gasteiger partial charge on any atom is -0.370 e. The lowest BCUT2D eigenvalue weighted by Gasteiger charge is -2.55. The van der Waals surface area contributed by atoms with Crippen molar-refractivity contribution >= 4 is 41.1 Å². The van der Waals surface area contributed by atoms with Gasteiger partial charge in [-0.05, 0) is 118 Å². The summed E-state index contributed by atoms with van der Waals surface area (Å²) in [5.74, 6) is -0.937. The van der Waals surface area contributed by atoms with Crippen LogP contribution in [-0.2, 0) is 28.9 Å². The molecule has 332 valence electrons. The van der Waals surface area contributed by atoms with Gasteiger partial charge in [-0.15, -0.1) is 0 Å². The first-order valence-electron chi connectivity index (χ1n) is 22.2. The number of alkyl halides is 3. The highest BCUT2D eigenvalue weighted by Crippen LogP contribution is 2.50. The zero-order chi connectivity index (χ0) is 44.4. The molecule has 1 spiro atoms. The van der Waals surface area contributed by atoms with Crippen molar-refractivity contribution in [1.29, 1.82) is 5.26 Å². The number of piperidine rings is 1. The molecule has 1 unspecified atom stereocenters. The number of halogens is 4. The van der Waals surface area contributed by atoms with Crippen molar-refractivity contribution in [3.05, 3.63) is 87.2 Å². The molecule has 6 aliphatic rings. The molecule has 3 aromatic carbocycles. The lowest BCUT2D eigenvalue weighted by atomic mass is 9.65. The molecule has 9 rings (SSSR count). The van der Waals surface area contributed by atoms with Crippen LogP contribution in [0.15, 0.2) is 42.5 Å². The van der Waals surface area contributed by atoms with Crippen LogP contribution in [-0.4, -0.2) is 92.7 Å². The average Bonchev–Trinajstić information content (AvgIpc) is 3.56. The Hall–Kier alpha value is -5.33. The summed E-state index contributed by atoms with van der Waals surface area (Å²) in [6.07, 6.45) is 2.06. The second kappa shape index (κ2) is 16.7. The standard InChI is InChI=1S/C48H53F4N7O4/c1-29-16-42(44(49)38(39(29)26-60)24-55(2)41-6-7-43(61)54-45(41)62)57-14-12-56(13-15-57)23-30-8-10-47(11-9-30)27-58(28-47)35-20-36-37(40(21-35)48(50,51)52)25-59(46(36)63)34-5-3-4-32(19-34)33-17-31(18-33)22-53/h3-5,16,19-21,26,30-31,33,41H,6-15,17-18,23-25,27-28H2,1-2H3,(H,54,61,62). The number of rotatable bonds is 10. The Morgan fingerprint density at radius 3 is 2.37 bits per heavy atom. The van der Waals surface area contributed by atoms with Gasteiger partial charge in [0.25, 0.3) is 5.91 Å². The number of hydrogen-bond donors (Lipinski definition) is 1. The first kappa shape index (κ1) is 42.9. The minimum absolute atomic E-state index is 0.0139. The van der Waals surface area contributed by atoms with Crippen LogP contribution in [0.2, 0.25) is 0 Å². The summed E-state index contributed by atoms with van der Waals surface area (Å²) in [4.78, 5) is 59.7. The average molecular weight is 868 g/mol. The van der Waals surface area contributed by atoms with Gasteiger partial charge < -0.3 is 14.7 Å². The molecule has 3 amide bonds. The molecule has 63 heavy (non-hydrogen) atoms. The molecule has 4 aliphatic heterocycles. The van der Waals surface area contributed by atoms with Crippen molar-refractivity contribution in [3.8, 4) is 6.07 Å². The second-order valence-corrected chi connectivity index (χ2v) is 19.0. The highest BCUT2D eigenvalue weighted by Gasteiger charge is 2.47. The summed E-state index contributed by atoms with van der Waals surface area (Å²) in [6.45, 7) is 6.65. The van der Waals surface area contributed by atoms with Gasteiger partial charge in [-0.1, -0.05) is 12.1 Å². The topological polar surface area (TPSA) is 120 Å². The fourth-order valence-electron chi connectivity index (χ4n) is 11.1. The molecule has 1 N–H and O–H groups in total. The number of carbonyl (C=O) groups excluding carboxylic acids is 4. The molecule has 0 radical (unpaired) electrons. The van der Waals surface area contributed by atoms with Gasteiger partial charge >= 0.3 is 6.18 Å². The number of fused-ring (bicyclic) bond motifs is 1. The van der Waals surface area contributed by atoms with E-state index in [1.807, 2.05) is 28.0 Å². The first-order chi connectivity index (χ1) is 30.1. The predicted molar refractivity (Wildman–Crippen MR) is 229 cm³/mol. The molecule has 3 aromatic rings. The van der Waals surface area contributed by atoms with Crippen LogP contribution in [0.3, 0.4) is 0 Å². The van der Waals surface area contributed by atoms with Crippen molar-refractivity contribution < 1.29 is 36.7 Å². The molecule has 5 fully saturated rings. The van der Waals surface area contributed by atoms with E-state index >= 15 is 4.39 Å².